The molecule has 1 amide bonds. The summed E-state index contributed by atoms with van der Waals surface area (Å²) in [6.07, 6.45) is 5.47. The summed E-state index contributed by atoms with van der Waals surface area (Å²) in [4.78, 5) is 13.5. The van der Waals surface area contributed by atoms with Crippen LogP contribution in [0.15, 0.2) is 18.2 Å². The molecule has 4 nitrogen and oxygen atoms in total. The molecule has 0 aromatic heterocycles. The molecular weight excluding hydrogens is 337 g/mol. The second-order valence-electron chi connectivity index (χ2n) is 5.88. The highest BCUT2D eigenvalue weighted by Gasteiger charge is 2.21. The smallest absolute Gasteiger partial charge is 0.411 e. The average Bonchev–Trinajstić information content (AvgIpc) is 2.42. The fourth-order valence-electron chi connectivity index (χ4n) is 1.70. The lowest BCUT2D eigenvalue weighted by molar-refractivity contribution is 0.0268. The molecule has 1 aromatic carbocycles. The van der Waals surface area contributed by atoms with Gasteiger partial charge in [0, 0.05) is 11.6 Å². The van der Waals surface area contributed by atoms with E-state index in [4.69, 9.17) is 39.1 Å². The normalized spacial score (nSPS) is 10.8. The third kappa shape index (κ3) is 7.49. The van der Waals surface area contributed by atoms with Gasteiger partial charge in [0.15, 0.2) is 0 Å². The summed E-state index contributed by atoms with van der Waals surface area (Å²) < 4.78 is 10.9. The molecule has 1 aromatic rings. The highest BCUT2D eigenvalue weighted by Crippen LogP contribution is 2.27. The van der Waals surface area contributed by atoms with E-state index in [1.807, 2.05) is 20.8 Å². The van der Waals surface area contributed by atoms with Gasteiger partial charge >= 0.3 is 6.09 Å². The average molecular weight is 358 g/mol. The van der Waals surface area contributed by atoms with Crippen molar-refractivity contribution < 1.29 is 14.3 Å². The summed E-state index contributed by atoms with van der Waals surface area (Å²) in [6.45, 7) is 6.45. The van der Waals surface area contributed by atoms with Gasteiger partial charge in [-0.1, -0.05) is 29.1 Å². The molecule has 0 aliphatic heterocycles. The largest absolute Gasteiger partial charge is 0.492 e. The molecule has 0 unspecified atom stereocenters. The zero-order chi connectivity index (χ0) is 17.5. The van der Waals surface area contributed by atoms with Gasteiger partial charge in [0.25, 0.3) is 0 Å². The maximum atomic E-state index is 12.0. The van der Waals surface area contributed by atoms with E-state index in [2.05, 4.69) is 5.92 Å². The Morgan fingerprint density at radius 1 is 1.35 bits per heavy atom. The van der Waals surface area contributed by atoms with Crippen molar-refractivity contribution in [1.82, 2.24) is 4.90 Å². The highest BCUT2D eigenvalue weighted by atomic mass is 35.5. The number of hydrogen-bond acceptors (Lipinski definition) is 3. The van der Waals surface area contributed by atoms with Crippen LogP contribution in [0.5, 0.6) is 5.75 Å². The van der Waals surface area contributed by atoms with E-state index in [-0.39, 0.29) is 6.54 Å². The number of halogens is 2. The number of nitrogens with zero attached hydrogens (tertiary/aromatic N) is 1. The van der Waals surface area contributed by atoms with Gasteiger partial charge in [-0.15, -0.1) is 6.42 Å². The van der Waals surface area contributed by atoms with E-state index in [0.29, 0.717) is 35.4 Å². The molecular formula is C17H21Cl2NO3. The Morgan fingerprint density at radius 3 is 2.61 bits per heavy atom. The Morgan fingerprint density at radius 2 is 2.04 bits per heavy atom. The zero-order valence-electron chi connectivity index (χ0n) is 13.6. The fourth-order valence-corrected chi connectivity index (χ4v) is 2.16. The van der Waals surface area contributed by atoms with Crippen LogP contribution in [-0.2, 0) is 4.74 Å². The molecule has 126 valence electrons. The minimum absolute atomic E-state index is 0.191. The van der Waals surface area contributed by atoms with Gasteiger partial charge in [-0.25, -0.2) is 4.79 Å². The Bertz CT molecular complexity index is 576. The summed E-state index contributed by atoms with van der Waals surface area (Å²) in [7, 11) is 0. The number of carbonyl (C=O) groups excluding carboxylic acids is 1. The summed E-state index contributed by atoms with van der Waals surface area (Å²) in [6, 6.07) is 5.02. The predicted molar refractivity (Wildman–Crippen MR) is 93.2 cm³/mol. The summed E-state index contributed by atoms with van der Waals surface area (Å²) >= 11 is 11.8. The molecule has 0 heterocycles. The quantitative estimate of drug-likeness (QED) is 0.550. The zero-order valence-corrected chi connectivity index (χ0v) is 15.1. The molecule has 0 saturated carbocycles. The first-order chi connectivity index (χ1) is 10.7. The van der Waals surface area contributed by atoms with E-state index in [1.54, 1.807) is 18.2 Å². The van der Waals surface area contributed by atoms with Gasteiger partial charge in [-0.3, -0.25) is 4.90 Å². The molecule has 0 radical (unpaired) electrons. The lowest BCUT2D eigenvalue weighted by Crippen LogP contribution is -2.38. The Kier molecular flexibility index (Phi) is 7.54. The van der Waals surface area contributed by atoms with Crippen molar-refractivity contribution >= 4 is 29.3 Å². The first-order valence-corrected chi connectivity index (χ1v) is 7.98. The third-order valence-electron chi connectivity index (χ3n) is 2.66. The number of benzene rings is 1. The number of ether oxygens (including phenoxy) is 2. The second-order valence-corrected chi connectivity index (χ2v) is 6.73. The minimum atomic E-state index is -0.558. The first-order valence-electron chi connectivity index (χ1n) is 7.22. The van der Waals surface area contributed by atoms with Crippen LogP contribution in [0, 0.1) is 12.3 Å². The summed E-state index contributed by atoms with van der Waals surface area (Å²) in [5.74, 6) is 3.01. The van der Waals surface area contributed by atoms with Gasteiger partial charge < -0.3 is 9.47 Å². The lowest BCUT2D eigenvalue weighted by atomic mass is 10.2. The van der Waals surface area contributed by atoms with E-state index in [1.165, 1.54) is 4.90 Å². The standard InChI is InChI=1S/C17H21Cl2NO3/c1-5-9-20(16(21)23-17(2,3)4)10-6-11-22-15-8-7-13(18)12-14(15)19/h1,7-8,12H,6,9-11H2,2-4H3. The van der Waals surface area contributed by atoms with Crippen LogP contribution >= 0.6 is 23.2 Å². The van der Waals surface area contributed by atoms with Crippen LogP contribution < -0.4 is 4.74 Å². The van der Waals surface area contributed by atoms with Gasteiger partial charge in [0.2, 0.25) is 0 Å². The highest BCUT2D eigenvalue weighted by molar-refractivity contribution is 6.35. The van der Waals surface area contributed by atoms with E-state index < -0.39 is 11.7 Å². The van der Waals surface area contributed by atoms with Crippen LogP contribution in [0.3, 0.4) is 0 Å². The van der Waals surface area contributed by atoms with E-state index >= 15 is 0 Å². The maximum Gasteiger partial charge on any atom is 0.411 e. The van der Waals surface area contributed by atoms with Crippen molar-refractivity contribution in [1.29, 1.82) is 0 Å². The summed E-state index contributed by atoms with van der Waals surface area (Å²) in [5.41, 5.74) is -0.558. The summed E-state index contributed by atoms with van der Waals surface area (Å²) in [5, 5.41) is 0.998. The first kappa shape index (κ1) is 19.5. The molecule has 0 fully saturated rings. The lowest BCUT2D eigenvalue weighted by Gasteiger charge is -2.26. The van der Waals surface area contributed by atoms with E-state index in [9.17, 15) is 4.79 Å². The SMILES string of the molecule is C#CCN(CCCOc1ccc(Cl)cc1Cl)C(=O)OC(C)(C)C. The van der Waals surface area contributed by atoms with E-state index in [0.717, 1.165) is 0 Å². The second kappa shape index (κ2) is 8.90. The van der Waals surface area contributed by atoms with Crippen molar-refractivity contribution in [3.05, 3.63) is 28.2 Å². The molecule has 6 heteroatoms. The molecule has 0 N–H and O–H groups in total. The third-order valence-corrected chi connectivity index (χ3v) is 3.19. The van der Waals surface area contributed by atoms with Crippen LogP contribution in [0.25, 0.3) is 0 Å². The van der Waals surface area contributed by atoms with Crippen molar-refractivity contribution in [3.63, 3.8) is 0 Å². The van der Waals surface area contributed by atoms with Crippen LogP contribution in [0.2, 0.25) is 10.0 Å². The number of terminal acetylenes is 1. The number of amides is 1. The number of carbonyl (C=O) groups is 1. The molecule has 0 spiro atoms. The van der Waals surface area contributed by atoms with Crippen molar-refractivity contribution in [3.8, 4) is 18.1 Å². The van der Waals surface area contributed by atoms with Crippen molar-refractivity contribution in [2.45, 2.75) is 32.8 Å². The topological polar surface area (TPSA) is 38.8 Å². The fraction of sp³-hybridized carbons (Fsp3) is 0.471. The number of hydrogen-bond donors (Lipinski definition) is 0. The van der Waals surface area contributed by atoms with Gasteiger partial charge in [-0.2, -0.15) is 0 Å². The van der Waals surface area contributed by atoms with Gasteiger partial charge in [0.1, 0.15) is 11.4 Å². The molecule has 0 bridgehead atoms. The minimum Gasteiger partial charge on any atom is -0.492 e. The Balaban J connectivity index is 2.47. The maximum absolute atomic E-state index is 12.0. The molecule has 0 aliphatic carbocycles. The molecule has 0 atom stereocenters. The van der Waals surface area contributed by atoms with Crippen LogP contribution in [0.1, 0.15) is 27.2 Å². The van der Waals surface area contributed by atoms with Crippen LogP contribution in [0.4, 0.5) is 4.79 Å². The van der Waals surface area contributed by atoms with Crippen molar-refractivity contribution in [2.75, 3.05) is 19.7 Å². The molecule has 0 saturated heterocycles. The monoisotopic (exact) mass is 357 g/mol. The Hall–Kier alpha value is -1.57. The number of rotatable bonds is 6. The molecule has 23 heavy (non-hydrogen) atoms. The van der Waals surface area contributed by atoms with Crippen LogP contribution in [-0.4, -0.2) is 36.3 Å². The molecule has 1 rings (SSSR count). The van der Waals surface area contributed by atoms with Gasteiger partial charge in [-0.05, 0) is 45.4 Å². The van der Waals surface area contributed by atoms with Gasteiger partial charge in [0.05, 0.1) is 18.2 Å². The van der Waals surface area contributed by atoms with Crippen molar-refractivity contribution in [2.24, 2.45) is 0 Å². The molecule has 0 aliphatic rings. The predicted octanol–water partition coefficient (Wildman–Crippen LogP) is 4.63. The Labute approximate surface area is 147 Å².